The molecule has 8 nitrogen and oxygen atoms in total. The molecule has 158 valence electrons. The van der Waals surface area contributed by atoms with E-state index in [1.54, 1.807) is 11.7 Å². The number of methoxy groups -OCH3 is 1. The molecule has 0 atom stereocenters. The van der Waals surface area contributed by atoms with Gasteiger partial charge in [-0.2, -0.15) is 5.10 Å². The van der Waals surface area contributed by atoms with Crippen molar-refractivity contribution in [1.29, 1.82) is 0 Å². The Hall–Kier alpha value is -2.45. The summed E-state index contributed by atoms with van der Waals surface area (Å²) in [7, 11) is 1.62. The molecule has 1 aliphatic rings. The molecule has 1 aromatic heterocycles. The lowest BCUT2D eigenvalue weighted by Crippen LogP contribution is -2.39. The highest BCUT2D eigenvalue weighted by atomic mass is 16.5. The van der Waals surface area contributed by atoms with E-state index in [4.69, 9.17) is 4.74 Å². The number of benzene rings is 1. The predicted molar refractivity (Wildman–Crippen MR) is 112 cm³/mol. The number of hydrogen-bond donors (Lipinski definition) is 1. The molecule has 1 amide bonds. The third kappa shape index (κ3) is 5.33. The van der Waals surface area contributed by atoms with Gasteiger partial charge in [-0.3, -0.25) is 14.3 Å². The van der Waals surface area contributed by atoms with Crippen molar-refractivity contribution in [2.75, 3.05) is 38.7 Å². The van der Waals surface area contributed by atoms with Gasteiger partial charge in [-0.15, -0.1) is 0 Å². The summed E-state index contributed by atoms with van der Waals surface area (Å²) in [6.07, 6.45) is 1.77. The van der Waals surface area contributed by atoms with Crippen molar-refractivity contribution < 1.29 is 9.53 Å². The third-order valence-electron chi connectivity index (χ3n) is 5.43. The average molecular weight is 402 g/mol. The number of nitrogens with zero attached hydrogens (tertiary/aromatic N) is 4. The lowest BCUT2D eigenvalue weighted by atomic mass is 9.96. The van der Waals surface area contributed by atoms with Crippen molar-refractivity contribution in [3.63, 3.8) is 0 Å². The first kappa shape index (κ1) is 21.3. The minimum atomic E-state index is -0.0699. The molecular formula is C21H31N5O3. The van der Waals surface area contributed by atoms with Gasteiger partial charge in [0, 0.05) is 25.3 Å². The molecule has 1 fully saturated rings. The number of rotatable bonds is 8. The summed E-state index contributed by atoms with van der Waals surface area (Å²) in [6.45, 7) is 7.54. The van der Waals surface area contributed by atoms with E-state index in [1.807, 2.05) is 38.1 Å². The van der Waals surface area contributed by atoms with E-state index >= 15 is 0 Å². The lowest BCUT2D eigenvalue weighted by Gasteiger charge is -2.30. The van der Waals surface area contributed by atoms with Gasteiger partial charge in [0.25, 0.3) is 0 Å². The fraction of sp³-hybridized carbons (Fsp3) is 0.571. The third-order valence-corrected chi connectivity index (χ3v) is 5.43. The summed E-state index contributed by atoms with van der Waals surface area (Å²) in [5.41, 5.74) is 1.92. The van der Waals surface area contributed by atoms with Crippen LogP contribution in [0, 0.1) is 6.92 Å². The molecule has 1 N–H and O–H groups in total. The number of piperidine rings is 1. The zero-order chi connectivity index (χ0) is 20.8. The van der Waals surface area contributed by atoms with E-state index in [9.17, 15) is 9.59 Å². The van der Waals surface area contributed by atoms with Gasteiger partial charge >= 0.3 is 5.69 Å². The minimum absolute atomic E-state index is 0.00149. The first-order chi connectivity index (χ1) is 14.0. The molecule has 0 spiro atoms. The van der Waals surface area contributed by atoms with Crippen LogP contribution in [0.3, 0.4) is 0 Å². The van der Waals surface area contributed by atoms with Crippen LogP contribution in [-0.2, 0) is 22.6 Å². The number of ether oxygens (including phenoxy) is 1. The molecule has 1 aliphatic heterocycles. The van der Waals surface area contributed by atoms with Crippen molar-refractivity contribution in [3.05, 3.63) is 46.1 Å². The molecule has 0 saturated carbocycles. The predicted octanol–water partition coefficient (Wildman–Crippen LogP) is 1.84. The van der Waals surface area contributed by atoms with Gasteiger partial charge in [0.05, 0.1) is 19.7 Å². The fourth-order valence-electron chi connectivity index (χ4n) is 3.77. The van der Waals surface area contributed by atoms with Crippen molar-refractivity contribution in [1.82, 2.24) is 19.2 Å². The fourth-order valence-corrected chi connectivity index (χ4v) is 3.77. The number of likely N-dealkylation sites (tertiary alicyclic amines) is 1. The van der Waals surface area contributed by atoms with E-state index in [2.05, 4.69) is 15.3 Å². The van der Waals surface area contributed by atoms with Gasteiger partial charge in [0.15, 0.2) is 0 Å². The first-order valence-corrected chi connectivity index (χ1v) is 10.3. The number of hydrogen-bond acceptors (Lipinski definition) is 5. The number of carbonyl (C=O) groups excluding carboxylic acids is 1. The SMILES string of the molecule is CCn1c(C2CCN(CC(=O)Nc3ccc(C)cc3)CC2)nn(CCOC)c1=O. The molecule has 29 heavy (non-hydrogen) atoms. The highest BCUT2D eigenvalue weighted by molar-refractivity contribution is 5.92. The highest BCUT2D eigenvalue weighted by Crippen LogP contribution is 2.26. The van der Waals surface area contributed by atoms with Crippen LogP contribution in [0.4, 0.5) is 5.69 Å². The molecule has 8 heteroatoms. The van der Waals surface area contributed by atoms with E-state index < -0.39 is 0 Å². The molecule has 1 aromatic carbocycles. The Morgan fingerprint density at radius 1 is 1.24 bits per heavy atom. The maximum Gasteiger partial charge on any atom is 0.345 e. The summed E-state index contributed by atoms with van der Waals surface area (Å²) < 4.78 is 8.34. The number of carbonyl (C=O) groups is 1. The Morgan fingerprint density at radius 3 is 2.55 bits per heavy atom. The zero-order valence-electron chi connectivity index (χ0n) is 17.6. The summed E-state index contributed by atoms with van der Waals surface area (Å²) >= 11 is 0. The molecule has 0 bridgehead atoms. The number of nitrogens with one attached hydrogen (secondary N) is 1. The van der Waals surface area contributed by atoms with Crippen LogP contribution in [0.2, 0.25) is 0 Å². The van der Waals surface area contributed by atoms with Crippen LogP contribution in [-0.4, -0.2) is 58.5 Å². The molecule has 1 saturated heterocycles. The molecular weight excluding hydrogens is 370 g/mol. The van der Waals surface area contributed by atoms with Crippen LogP contribution < -0.4 is 11.0 Å². The summed E-state index contributed by atoms with van der Waals surface area (Å²) in [5, 5.41) is 7.53. The molecule has 2 heterocycles. The van der Waals surface area contributed by atoms with E-state index in [0.29, 0.717) is 26.2 Å². The van der Waals surface area contributed by atoms with E-state index in [1.165, 1.54) is 10.2 Å². The standard InChI is InChI=1S/C21H31N5O3/c1-4-25-20(23-26(21(25)28)13-14-29-3)17-9-11-24(12-10-17)15-19(27)22-18-7-5-16(2)6-8-18/h5-8,17H,4,9-15H2,1-3H3,(H,22,27). The van der Waals surface area contributed by atoms with Gasteiger partial charge in [-0.05, 0) is 51.9 Å². The van der Waals surface area contributed by atoms with Crippen LogP contribution in [0.25, 0.3) is 0 Å². The first-order valence-electron chi connectivity index (χ1n) is 10.3. The quantitative estimate of drug-likeness (QED) is 0.730. The summed E-state index contributed by atoms with van der Waals surface area (Å²) in [6, 6.07) is 7.81. The Kier molecular flexibility index (Phi) is 7.22. The monoisotopic (exact) mass is 401 g/mol. The lowest BCUT2D eigenvalue weighted by molar-refractivity contribution is -0.117. The summed E-state index contributed by atoms with van der Waals surface area (Å²) in [5.74, 6) is 1.10. The Morgan fingerprint density at radius 2 is 1.93 bits per heavy atom. The van der Waals surface area contributed by atoms with Crippen LogP contribution in [0.15, 0.2) is 29.1 Å². The second kappa shape index (κ2) is 9.84. The Bertz CT molecular complexity index is 863. The number of aromatic nitrogens is 3. The normalized spacial score (nSPS) is 15.6. The van der Waals surface area contributed by atoms with Gasteiger partial charge in [0.1, 0.15) is 5.82 Å². The zero-order valence-corrected chi connectivity index (χ0v) is 17.6. The molecule has 3 rings (SSSR count). The van der Waals surface area contributed by atoms with Gasteiger partial charge in [0.2, 0.25) is 5.91 Å². The maximum atomic E-state index is 12.5. The minimum Gasteiger partial charge on any atom is -0.383 e. The largest absolute Gasteiger partial charge is 0.383 e. The Labute approximate surface area is 171 Å². The average Bonchev–Trinajstić information content (AvgIpc) is 3.04. The highest BCUT2D eigenvalue weighted by Gasteiger charge is 2.27. The van der Waals surface area contributed by atoms with E-state index in [0.717, 1.165) is 37.4 Å². The van der Waals surface area contributed by atoms with Gasteiger partial charge in [-0.1, -0.05) is 17.7 Å². The van der Waals surface area contributed by atoms with Crippen molar-refractivity contribution in [2.24, 2.45) is 0 Å². The van der Waals surface area contributed by atoms with Crippen molar-refractivity contribution in [3.8, 4) is 0 Å². The molecule has 0 radical (unpaired) electrons. The number of anilines is 1. The van der Waals surface area contributed by atoms with Crippen LogP contribution >= 0.6 is 0 Å². The topological polar surface area (TPSA) is 81.4 Å². The Balaban J connectivity index is 1.55. The van der Waals surface area contributed by atoms with Gasteiger partial charge in [-0.25, -0.2) is 9.48 Å². The smallest absolute Gasteiger partial charge is 0.345 e. The second-order valence-electron chi connectivity index (χ2n) is 7.57. The van der Waals surface area contributed by atoms with Gasteiger partial charge < -0.3 is 10.1 Å². The molecule has 0 unspecified atom stereocenters. The van der Waals surface area contributed by atoms with Crippen molar-refractivity contribution in [2.45, 2.75) is 45.7 Å². The maximum absolute atomic E-state index is 12.5. The summed E-state index contributed by atoms with van der Waals surface area (Å²) in [4.78, 5) is 27.0. The number of amides is 1. The second-order valence-corrected chi connectivity index (χ2v) is 7.57. The van der Waals surface area contributed by atoms with Crippen LogP contribution in [0.1, 0.15) is 37.1 Å². The number of aryl methyl sites for hydroxylation is 1. The van der Waals surface area contributed by atoms with E-state index in [-0.39, 0.29) is 17.5 Å². The van der Waals surface area contributed by atoms with Crippen molar-refractivity contribution >= 4 is 11.6 Å². The molecule has 0 aliphatic carbocycles. The van der Waals surface area contributed by atoms with Crippen LogP contribution in [0.5, 0.6) is 0 Å². The molecule has 2 aromatic rings.